The molecule has 2 aromatic carbocycles. The van der Waals surface area contributed by atoms with Crippen molar-refractivity contribution in [3.8, 4) is 11.1 Å². The molecule has 2 unspecified atom stereocenters. The molecule has 0 aromatic heterocycles. The fourth-order valence-corrected chi connectivity index (χ4v) is 4.44. The van der Waals surface area contributed by atoms with Gasteiger partial charge in [0.05, 0.1) is 13.0 Å². The first-order valence-corrected chi connectivity index (χ1v) is 11.0. The lowest BCUT2D eigenvalue weighted by Gasteiger charge is -2.24. The van der Waals surface area contributed by atoms with E-state index in [4.69, 9.17) is 9.47 Å². The zero-order valence-corrected chi connectivity index (χ0v) is 18.5. The molecule has 2 aromatic rings. The zero-order valence-electron chi connectivity index (χ0n) is 18.5. The maximum atomic E-state index is 12.6. The Morgan fingerprint density at radius 2 is 1.76 bits per heavy atom. The number of carboxylic acid groups (broad SMARTS) is 1. The van der Waals surface area contributed by atoms with E-state index in [9.17, 15) is 19.5 Å². The molecule has 1 aliphatic heterocycles. The molecule has 174 valence electrons. The Bertz CT molecular complexity index is 1000. The summed E-state index contributed by atoms with van der Waals surface area (Å²) < 4.78 is 10.8. The number of fused-ring (bicyclic) bond motifs is 3. The first-order valence-electron chi connectivity index (χ1n) is 11.0. The maximum Gasteiger partial charge on any atom is 0.407 e. The molecular formula is C25H28N2O6. The van der Waals surface area contributed by atoms with Gasteiger partial charge in [0.1, 0.15) is 12.6 Å². The average molecular weight is 453 g/mol. The number of hydrogen-bond donors (Lipinski definition) is 3. The average Bonchev–Trinajstić information content (AvgIpc) is 3.37. The molecule has 1 fully saturated rings. The number of amides is 2. The van der Waals surface area contributed by atoms with Crippen molar-refractivity contribution < 1.29 is 29.0 Å². The van der Waals surface area contributed by atoms with Crippen molar-refractivity contribution >= 4 is 18.0 Å². The van der Waals surface area contributed by atoms with Gasteiger partial charge in [-0.05, 0) is 28.7 Å². The third-order valence-corrected chi connectivity index (χ3v) is 6.32. The Balaban J connectivity index is 1.38. The zero-order chi connectivity index (χ0) is 23.4. The van der Waals surface area contributed by atoms with Crippen molar-refractivity contribution in [3.05, 3.63) is 59.7 Å². The van der Waals surface area contributed by atoms with Gasteiger partial charge in [0, 0.05) is 24.5 Å². The van der Waals surface area contributed by atoms with Crippen LogP contribution in [0.4, 0.5) is 4.79 Å². The Morgan fingerprint density at radius 3 is 2.33 bits per heavy atom. The van der Waals surface area contributed by atoms with E-state index in [1.807, 2.05) is 55.5 Å². The molecular weight excluding hydrogens is 424 g/mol. The number of alkyl carbamates (subject to hydrolysis) is 1. The summed E-state index contributed by atoms with van der Waals surface area (Å²) in [5.74, 6) is -1.87. The highest BCUT2D eigenvalue weighted by molar-refractivity contribution is 5.89. The number of carbonyl (C=O) groups is 3. The summed E-state index contributed by atoms with van der Waals surface area (Å²) in [4.78, 5) is 36.4. The van der Waals surface area contributed by atoms with Crippen LogP contribution in [0.3, 0.4) is 0 Å². The monoisotopic (exact) mass is 452 g/mol. The molecule has 0 radical (unpaired) electrons. The third kappa shape index (κ3) is 5.17. The Morgan fingerprint density at radius 1 is 1.12 bits per heavy atom. The standard InChI is InChI=1S/C25H28N2O6/c1-25(10-11-32-15-25)14-26-23(30)21(12-22(28)29)27-24(31)33-13-20-18-8-4-2-6-16(18)17-7-3-5-9-19(17)20/h2-9,20-21H,10-15H2,1H3,(H,26,30)(H,27,31)(H,28,29). The molecule has 8 nitrogen and oxygen atoms in total. The number of aliphatic carboxylic acids is 1. The minimum Gasteiger partial charge on any atom is -0.481 e. The molecule has 4 rings (SSSR count). The van der Waals surface area contributed by atoms with Crippen LogP contribution in [0.5, 0.6) is 0 Å². The van der Waals surface area contributed by atoms with E-state index in [-0.39, 0.29) is 17.9 Å². The van der Waals surface area contributed by atoms with Gasteiger partial charge in [0.25, 0.3) is 0 Å². The number of carbonyl (C=O) groups excluding carboxylic acids is 2. The minimum absolute atomic E-state index is 0.0800. The second-order valence-electron chi connectivity index (χ2n) is 8.95. The van der Waals surface area contributed by atoms with Gasteiger partial charge >= 0.3 is 12.1 Å². The largest absolute Gasteiger partial charge is 0.481 e. The lowest BCUT2D eigenvalue weighted by atomic mass is 9.90. The van der Waals surface area contributed by atoms with Crippen molar-refractivity contribution in [1.82, 2.24) is 10.6 Å². The minimum atomic E-state index is -1.23. The van der Waals surface area contributed by atoms with E-state index in [0.29, 0.717) is 19.8 Å². The SMILES string of the molecule is CC1(CNC(=O)C(CC(=O)O)NC(=O)OCC2c3ccccc3-c3ccccc32)CCOC1. The van der Waals surface area contributed by atoms with Crippen molar-refractivity contribution in [2.75, 3.05) is 26.4 Å². The summed E-state index contributed by atoms with van der Waals surface area (Å²) in [6.45, 7) is 3.57. The molecule has 8 heteroatoms. The molecule has 2 amide bonds. The van der Waals surface area contributed by atoms with Gasteiger partial charge in [-0.3, -0.25) is 9.59 Å². The van der Waals surface area contributed by atoms with Crippen LogP contribution in [0.25, 0.3) is 11.1 Å². The van der Waals surface area contributed by atoms with E-state index >= 15 is 0 Å². The molecule has 1 saturated heterocycles. The van der Waals surface area contributed by atoms with E-state index in [2.05, 4.69) is 10.6 Å². The van der Waals surface area contributed by atoms with Gasteiger partial charge in [-0.1, -0.05) is 55.5 Å². The van der Waals surface area contributed by atoms with Crippen molar-refractivity contribution in [3.63, 3.8) is 0 Å². The van der Waals surface area contributed by atoms with Crippen LogP contribution >= 0.6 is 0 Å². The number of ether oxygens (including phenoxy) is 2. The molecule has 2 aliphatic rings. The van der Waals surface area contributed by atoms with Crippen molar-refractivity contribution in [2.24, 2.45) is 5.41 Å². The van der Waals surface area contributed by atoms with Gasteiger partial charge in [-0.2, -0.15) is 0 Å². The first kappa shape index (κ1) is 22.8. The van der Waals surface area contributed by atoms with Gasteiger partial charge in [0.2, 0.25) is 5.91 Å². The summed E-state index contributed by atoms with van der Waals surface area (Å²) >= 11 is 0. The summed E-state index contributed by atoms with van der Waals surface area (Å²) in [5, 5.41) is 14.4. The number of carboxylic acids is 1. The first-order chi connectivity index (χ1) is 15.9. The third-order valence-electron chi connectivity index (χ3n) is 6.32. The number of benzene rings is 2. The second-order valence-corrected chi connectivity index (χ2v) is 8.95. The van der Waals surface area contributed by atoms with Crippen molar-refractivity contribution in [2.45, 2.75) is 31.7 Å². The maximum absolute atomic E-state index is 12.6. The van der Waals surface area contributed by atoms with Crippen LogP contribution in [-0.4, -0.2) is 55.5 Å². The fraction of sp³-hybridized carbons (Fsp3) is 0.400. The molecule has 0 bridgehead atoms. The van der Waals surface area contributed by atoms with E-state index in [0.717, 1.165) is 28.7 Å². The van der Waals surface area contributed by atoms with Crippen LogP contribution in [0.2, 0.25) is 0 Å². The highest BCUT2D eigenvalue weighted by Crippen LogP contribution is 2.44. The number of nitrogens with one attached hydrogen (secondary N) is 2. The highest BCUT2D eigenvalue weighted by Gasteiger charge is 2.33. The summed E-state index contributed by atoms with van der Waals surface area (Å²) in [6.07, 6.45) is -0.561. The lowest BCUT2D eigenvalue weighted by Crippen LogP contribution is -2.50. The van der Waals surface area contributed by atoms with Crippen LogP contribution in [0.1, 0.15) is 36.8 Å². The van der Waals surface area contributed by atoms with E-state index in [1.54, 1.807) is 0 Å². The predicted molar refractivity (Wildman–Crippen MR) is 121 cm³/mol. The van der Waals surface area contributed by atoms with Gasteiger partial charge in [0.15, 0.2) is 0 Å². The Kier molecular flexibility index (Phi) is 6.65. The van der Waals surface area contributed by atoms with E-state index in [1.165, 1.54) is 0 Å². The van der Waals surface area contributed by atoms with E-state index < -0.39 is 30.4 Å². The highest BCUT2D eigenvalue weighted by atomic mass is 16.5. The van der Waals surface area contributed by atoms with Crippen LogP contribution in [0, 0.1) is 5.41 Å². The summed E-state index contributed by atoms with van der Waals surface area (Å²) in [7, 11) is 0. The fourth-order valence-electron chi connectivity index (χ4n) is 4.44. The van der Waals surface area contributed by atoms with Gasteiger partial charge in [-0.15, -0.1) is 0 Å². The molecule has 0 spiro atoms. The smallest absolute Gasteiger partial charge is 0.407 e. The number of hydrogen-bond acceptors (Lipinski definition) is 5. The van der Waals surface area contributed by atoms with Crippen molar-refractivity contribution in [1.29, 1.82) is 0 Å². The molecule has 33 heavy (non-hydrogen) atoms. The van der Waals surface area contributed by atoms with Crippen LogP contribution in [-0.2, 0) is 19.1 Å². The molecule has 2 atom stereocenters. The second kappa shape index (κ2) is 9.62. The Hall–Kier alpha value is -3.39. The Labute approximate surface area is 192 Å². The molecule has 0 saturated carbocycles. The van der Waals surface area contributed by atoms with Gasteiger partial charge in [-0.25, -0.2) is 4.79 Å². The summed E-state index contributed by atoms with van der Waals surface area (Å²) in [5.41, 5.74) is 4.15. The molecule has 3 N–H and O–H groups in total. The normalized spacial score (nSPS) is 19.9. The molecule has 1 aliphatic carbocycles. The number of rotatable bonds is 8. The summed E-state index contributed by atoms with van der Waals surface area (Å²) in [6, 6.07) is 14.7. The van der Waals surface area contributed by atoms with Gasteiger partial charge < -0.3 is 25.2 Å². The topological polar surface area (TPSA) is 114 Å². The van der Waals surface area contributed by atoms with Crippen LogP contribution < -0.4 is 10.6 Å². The quantitative estimate of drug-likeness (QED) is 0.568. The molecule has 1 heterocycles. The predicted octanol–water partition coefficient (Wildman–Crippen LogP) is 2.91. The lowest BCUT2D eigenvalue weighted by molar-refractivity contribution is -0.139. The van der Waals surface area contributed by atoms with Crippen LogP contribution in [0.15, 0.2) is 48.5 Å².